The van der Waals surface area contributed by atoms with Crippen LogP contribution in [-0.2, 0) is 4.74 Å². The number of nitrogens with one attached hydrogen (secondary N) is 1. The zero-order chi connectivity index (χ0) is 13.1. The van der Waals surface area contributed by atoms with Gasteiger partial charge in [-0.05, 0) is 30.2 Å². The molecular weight excluding hydrogens is 252 g/mol. The molecular formula is C13H15ClN2O2. The summed E-state index contributed by atoms with van der Waals surface area (Å²) in [4.78, 5) is 11.5. The Kier molecular flexibility index (Phi) is 3.77. The number of carbonyl (C=O) groups excluding carboxylic acids is 1. The molecule has 0 aliphatic heterocycles. The van der Waals surface area contributed by atoms with E-state index in [1.165, 1.54) is 0 Å². The van der Waals surface area contributed by atoms with Crippen LogP contribution in [0.15, 0.2) is 30.5 Å². The number of benzene rings is 1. The van der Waals surface area contributed by atoms with E-state index in [-0.39, 0.29) is 0 Å². The maximum absolute atomic E-state index is 11.5. The summed E-state index contributed by atoms with van der Waals surface area (Å²) >= 11 is 5.90. The van der Waals surface area contributed by atoms with Crippen LogP contribution >= 0.6 is 11.6 Å². The maximum Gasteiger partial charge on any atom is 0.426 e. The van der Waals surface area contributed by atoms with Crippen molar-refractivity contribution in [2.45, 2.75) is 13.8 Å². The Morgan fingerprint density at radius 3 is 2.94 bits per heavy atom. The Labute approximate surface area is 110 Å². The van der Waals surface area contributed by atoms with Crippen molar-refractivity contribution in [1.82, 2.24) is 4.68 Å². The van der Waals surface area contributed by atoms with Crippen LogP contribution < -0.4 is 5.43 Å². The van der Waals surface area contributed by atoms with E-state index >= 15 is 0 Å². The largest absolute Gasteiger partial charge is 0.448 e. The monoisotopic (exact) mass is 266 g/mol. The van der Waals surface area contributed by atoms with Gasteiger partial charge < -0.3 is 4.74 Å². The van der Waals surface area contributed by atoms with Gasteiger partial charge in [0.1, 0.15) is 0 Å². The van der Waals surface area contributed by atoms with Gasteiger partial charge >= 0.3 is 6.09 Å². The molecule has 1 heterocycles. The lowest BCUT2D eigenvalue weighted by atomic mass is 10.2. The Balaban J connectivity index is 2.10. The van der Waals surface area contributed by atoms with Crippen molar-refractivity contribution in [3.8, 4) is 0 Å². The van der Waals surface area contributed by atoms with Crippen LogP contribution in [0.1, 0.15) is 13.8 Å². The second-order valence-electron chi connectivity index (χ2n) is 4.49. The third-order valence-electron chi connectivity index (χ3n) is 2.41. The summed E-state index contributed by atoms with van der Waals surface area (Å²) in [6.45, 7) is 4.37. The van der Waals surface area contributed by atoms with Gasteiger partial charge in [0, 0.05) is 16.6 Å². The van der Waals surface area contributed by atoms with Crippen LogP contribution in [0.5, 0.6) is 0 Å². The maximum atomic E-state index is 11.5. The molecule has 18 heavy (non-hydrogen) atoms. The number of halogens is 1. The molecule has 0 radical (unpaired) electrons. The predicted molar refractivity (Wildman–Crippen MR) is 72.5 cm³/mol. The van der Waals surface area contributed by atoms with Gasteiger partial charge in [0.05, 0.1) is 12.1 Å². The van der Waals surface area contributed by atoms with Gasteiger partial charge in [-0.2, -0.15) is 0 Å². The summed E-state index contributed by atoms with van der Waals surface area (Å²) in [5.41, 5.74) is 3.53. The molecule has 1 amide bonds. The smallest absolute Gasteiger partial charge is 0.426 e. The third-order valence-corrected chi connectivity index (χ3v) is 2.65. The van der Waals surface area contributed by atoms with Gasteiger partial charge in [0.2, 0.25) is 0 Å². The van der Waals surface area contributed by atoms with Crippen LogP contribution in [0.25, 0.3) is 10.9 Å². The molecule has 1 aromatic carbocycles. The fraction of sp³-hybridized carbons (Fsp3) is 0.308. The fourth-order valence-electron chi connectivity index (χ4n) is 1.58. The van der Waals surface area contributed by atoms with Crippen molar-refractivity contribution < 1.29 is 9.53 Å². The minimum atomic E-state index is -0.462. The van der Waals surface area contributed by atoms with Crippen LogP contribution in [0.4, 0.5) is 4.79 Å². The molecule has 0 unspecified atom stereocenters. The van der Waals surface area contributed by atoms with Gasteiger partial charge in [-0.25, -0.2) is 10.2 Å². The molecule has 0 fully saturated rings. The number of fused-ring (bicyclic) bond motifs is 1. The van der Waals surface area contributed by atoms with E-state index in [0.717, 1.165) is 10.9 Å². The first-order chi connectivity index (χ1) is 8.56. The summed E-state index contributed by atoms with van der Waals surface area (Å²) < 4.78 is 6.67. The minimum absolute atomic E-state index is 0.316. The van der Waals surface area contributed by atoms with E-state index in [1.807, 2.05) is 32.0 Å². The highest BCUT2D eigenvalue weighted by Gasteiger charge is 2.07. The SMILES string of the molecule is CC(C)COC(=O)Nn1ccc2cc(Cl)ccc21. The number of hydrogen-bond acceptors (Lipinski definition) is 2. The first kappa shape index (κ1) is 12.8. The zero-order valence-corrected chi connectivity index (χ0v) is 11.1. The van der Waals surface area contributed by atoms with E-state index in [1.54, 1.807) is 16.9 Å². The molecule has 96 valence electrons. The summed E-state index contributed by atoms with van der Waals surface area (Å²) in [5, 5.41) is 1.63. The fourth-order valence-corrected chi connectivity index (χ4v) is 1.76. The van der Waals surface area contributed by atoms with Crippen LogP contribution in [0, 0.1) is 5.92 Å². The highest BCUT2D eigenvalue weighted by Crippen LogP contribution is 2.19. The summed E-state index contributed by atoms with van der Waals surface area (Å²) in [6.07, 6.45) is 1.30. The van der Waals surface area contributed by atoms with E-state index < -0.39 is 6.09 Å². The Bertz CT molecular complexity index is 563. The van der Waals surface area contributed by atoms with Crippen LogP contribution in [-0.4, -0.2) is 17.4 Å². The molecule has 0 atom stereocenters. The van der Waals surface area contributed by atoms with Crippen LogP contribution in [0.3, 0.4) is 0 Å². The topological polar surface area (TPSA) is 43.3 Å². The quantitative estimate of drug-likeness (QED) is 0.922. The van der Waals surface area contributed by atoms with E-state index in [0.29, 0.717) is 17.5 Å². The summed E-state index contributed by atoms with van der Waals surface area (Å²) in [7, 11) is 0. The number of carbonyl (C=O) groups is 1. The van der Waals surface area contributed by atoms with E-state index in [2.05, 4.69) is 5.43 Å². The van der Waals surface area contributed by atoms with Gasteiger partial charge in [0.15, 0.2) is 0 Å². The Hall–Kier alpha value is -1.68. The van der Waals surface area contributed by atoms with Crippen molar-refractivity contribution in [3.05, 3.63) is 35.5 Å². The summed E-state index contributed by atoms with van der Waals surface area (Å²) in [6, 6.07) is 7.35. The molecule has 0 aliphatic rings. The lowest BCUT2D eigenvalue weighted by Gasteiger charge is -2.10. The number of hydrogen-bond donors (Lipinski definition) is 1. The minimum Gasteiger partial charge on any atom is -0.448 e. The molecule has 2 rings (SSSR count). The molecule has 0 bridgehead atoms. The van der Waals surface area contributed by atoms with Gasteiger partial charge in [-0.1, -0.05) is 25.4 Å². The molecule has 0 spiro atoms. The Morgan fingerprint density at radius 1 is 1.44 bits per heavy atom. The van der Waals surface area contributed by atoms with Crippen molar-refractivity contribution in [1.29, 1.82) is 0 Å². The standard InChI is InChI=1S/C13H15ClN2O2/c1-9(2)8-18-13(17)15-16-6-5-10-7-11(14)3-4-12(10)16/h3-7,9H,8H2,1-2H3,(H,15,17). The van der Waals surface area contributed by atoms with Crippen molar-refractivity contribution in [2.24, 2.45) is 5.92 Å². The second-order valence-corrected chi connectivity index (χ2v) is 4.93. The lowest BCUT2D eigenvalue weighted by molar-refractivity contribution is 0.144. The predicted octanol–water partition coefficient (Wildman–Crippen LogP) is 3.63. The average Bonchev–Trinajstić information content (AvgIpc) is 2.69. The number of nitrogens with zero attached hydrogens (tertiary/aromatic N) is 1. The number of ether oxygens (including phenoxy) is 1. The molecule has 0 saturated carbocycles. The molecule has 4 nitrogen and oxygen atoms in total. The van der Waals surface area contributed by atoms with Gasteiger partial charge in [-0.3, -0.25) is 4.68 Å². The van der Waals surface area contributed by atoms with Gasteiger partial charge in [-0.15, -0.1) is 0 Å². The number of rotatable bonds is 3. The normalized spacial score (nSPS) is 10.9. The summed E-state index contributed by atoms with van der Waals surface area (Å²) in [5.74, 6) is 0.316. The Morgan fingerprint density at radius 2 is 2.22 bits per heavy atom. The van der Waals surface area contributed by atoms with Gasteiger partial charge in [0.25, 0.3) is 0 Å². The number of amides is 1. The van der Waals surface area contributed by atoms with Crippen molar-refractivity contribution in [2.75, 3.05) is 12.0 Å². The molecule has 1 aromatic heterocycles. The molecule has 5 heteroatoms. The van der Waals surface area contributed by atoms with Crippen molar-refractivity contribution >= 4 is 28.6 Å². The van der Waals surface area contributed by atoms with E-state index in [4.69, 9.17) is 16.3 Å². The average molecular weight is 267 g/mol. The highest BCUT2D eigenvalue weighted by molar-refractivity contribution is 6.31. The third kappa shape index (κ3) is 2.96. The molecule has 0 aliphatic carbocycles. The van der Waals surface area contributed by atoms with Crippen molar-refractivity contribution in [3.63, 3.8) is 0 Å². The van der Waals surface area contributed by atoms with E-state index in [9.17, 15) is 4.79 Å². The van der Waals surface area contributed by atoms with Crippen LogP contribution in [0.2, 0.25) is 5.02 Å². The molecule has 1 N–H and O–H groups in total. The zero-order valence-electron chi connectivity index (χ0n) is 10.3. The molecule has 2 aromatic rings. The first-order valence-corrected chi connectivity index (χ1v) is 6.14. The lowest BCUT2D eigenvalue weighted by Crippen LogP contribution is -2.24. The second kappa shape index (κ2) is 5.31. The number of aromatic nitrogens is 1. The highest BCUT2D eigenvalue weighted by atomic mass is 35.5. The first-order valence-electron chi connectivity index (χ1n) is 5.76. The molecule has 0 saturated heterocycles.